The Labute approximate surface area is 100 Å². The smallest absolute Gasteiger partial charge is 0.126 e. The summed E-state index contributed by atoms with van der Waals surface area (Å²) in [5.41, 5.74) is 0.735. The molecule has 90 valence electrons. The van der Waals surface area contributed by atoms with Crippen molar-refractivity contribution in [2.75, 3.05) is 7.05 Å². The number of nitrogens with zero attached hydrogens (tertiary/aromatic N) is 1. The maximum absolute atomic E-state index is 13.5. The van der Waals surface area contributed by atoms with Gasteiger partial charge in [0.15, 0.2) is 0 Å². The summed E-state index contributed by atoms with van der Waals surface area (Å²) in [6.45, 7) is 0. The molecule has 0 saturated heterocycles. The van der Waals surface area contributed by atoms with E-state index < -0.39 is 0 Å². The van der Waals surface area contributed by atoms with Crippen molar-refractivity contribution in [2.24, 2.45) is 0 Å². The van der Waals surface area contributed by atoms with Crippen molar-refractivity contribution < 1.29 is 4.39 Å². The molecule has 0 spiro atoms. The van der Waals surface area contributed by atoms with Gasteiger partial charge in [-0.25, -0.2) is 9.37 Å². The van der Waals surface area contributed by atoms with E-state index in [0.717, 1.165) is 17.8 Å². The molecule has 0 fully saturated rings. The first-order valence-corrected chi connectivity index (χ1v) is 5.68. The largest absolute Gasteiger partial charge is 0.349 e. The minimum atomic E-state index is -0.146. The third-order valence-corrected chi connectivity index (χ3v) is 2.83. The lowest BCUT2D eigenvalue weighted by atomic mass is 10.0. The molecule has 1 heterocycles. The number of aromatic amines is 1. The van der Waals surface area contributed by atoms with Crippen molar-refractivity contribution in [1.29, 1.82) is 0 Å². The van der Waals surface area contributed by atoms with Crippen LogP contribution in [-0.4, -0.2) is 23.1 Å². The standard InChI is InChI=1S/C13H16FN3/c1-15-11(9-13-16-6-7-17-13)8-10-4-2-3-5-12(10)14/h2-7,11,15H,8-9H2,1H3,(H,16,17). The molecule has 2 N–H and O–H groups in total. The number of benzene rings is 1. The molecule has 0 aliphatic carbocycles. The highest BCUT2D eigenvalue weighted by Gasteiger charge is 2.12. The second-order valence-electron chi connectivity index (χ2n) is 4.02. The Bertz CT molecular complexity index is 453. The van der Waals surface area contributed by atoms with Gasteiger partial charge >= 0.3 is 0 Å². The van der Waals surface area contributed by atoms with Crippen LogP contribution in [0, 0.1) is 5.82 Å². The Kier molecular flexibility index (Phi) is 3.88. The van der Waals surface area contributed by atoms with Crippen molar-refractivity contribution in [3.05, 3.63) is 53.9 Å². The first-order chi connectivity index (χ1) is 8.29. The highest BCUT2D eigenvalue weighted by atomic mass is 19.1. The van der Waals surface area contributed by atoms with Crippen LogP contribution in [0.3, 0.4) is 0 Å². The van der Waals surface area contributed by atoms with Crippen LogP contribution >= 0.6 is 0 Å². The van der Waals surface area contributed by atoms with Gasteiger partial charge in [-0.3, -0.25) is 0 Å². The highest BCUT2D eigenvalue weighted by Crippen LogP contribution is 2.10. The molecule has 4 heteroatoms. The average Bonchev–Trinajstić information content (AvgIpc) is 2.84. The first kappa shape index (κ1) is 11.8. The summed E-state index contributed by atoms with van der Waals surface area (Å²) >= 11 is 0. The average molecular weight is 233 g/mol. The van der Waals surface area contributed by atoms with Crippen molar-refractivity contribution in [2.45, 2.75) is 18.9 Å². The van der Waals surface area contributed by atoms with Crippen LogP contribution in [0.25, 0.3) is 0 Å². The SMILES string of the molecule is CNC(Cc1ncc[nH]1)Cc1ccccc1F. The van der Waals surface area contributed by atoms with Crippen LogP contribution in [0.15, 0.2) is 36.7 Å². The Morgan fingerprint density at radius 3 is 2.82 bits per heavy atom. The van der Waals surface area contributed by atoms with E-state index in [1.165, 1.54) is 6.07 Å². The molecular weight excluding hydrogens is 217 g/mol. The minimum absolute atomic E-state index is 0.146. The molecule has 2 rings (SSSR count). The van der Waals surface area contributed by atoms with E-state index in [-0.39, 0.29) is 11.9 Å². The van der Waals surface area contributed by atoms with E-state index in [0.29, 0.717) is 6.42 Å². The van der Waals surface area contributed by atoms with Gasteiger partial charge in [-0.2, -0.15) is 0 Å². The molecular formula is C13H16FN3. The van der Waals surface area contributed by atoms with Gasteiger partial charge in [-0.15, -0.1) is 0 Å². The molecule has 0 saturated carbocycles. The molecule has 0 bridgehead atoms. The maximum Gasteiger partial charge on any atom is 0.126 e. The number of H-pyrrole nitrogens is 1. The molecule has 3 nitrogen and oxygen atoms in total. The lowest BCUT2D eigenvalue weighted by Crippen LogP contribution is -2.30. The summed E-state index contributed by atoms with van der Waals surface area (Å²) in [6, 6.07) is 7.06. The molecule has 17 heavy (non-hydrogen) atoms. The number of halogens is 1. The third kappa shape index (κ3) is 3.14. The summed E-state index contributed by atoms with van der Waals surface area (Å²) in [6.07, 6.45) is 4.94. The van der Waals surface area contributed by atoms with Crippen LogP contribution in [0.2, 0.25) is 0 Å². The van der Waals surface area contributed by atoms with Gasteiger partial charge in [-0.05, 0) is 25.1 Å². The number of rotatable bonds is 5. The van der Waals surface area contributed by atoms with Crippen molar-refractivity contribution >= 4 is 0 Å². The van der Waals surface area contributed by atoms with Gasteiger partial charge in [0.05, 0.1) is 0 Å². The van der Waals surface area contributed by atoms with Crippen molar-refractivity contribution in [3.8, 4) is 0 Å². The zero-order valence-electron chi connectivity index (χ0n) is 9.78. The fourth-order valence-electron chi connectivity index (χ4n) is 1.85. The van der Waals surface area contributed by atoms with Crippen LogP contribution in [0.4, 0.5) is 4.39 Å². The normalized spacial score (nSPS) is 12.6. The lowest BCUT2D eigenvalue weighted by molar-refractivity contribution is 0.524. The van der Waals surface area contributed by atoms with Crippen molar-refractivity contribution in [3.63, 3.8) is 0 Å². The Hall–Kier alpha value is -1.68. The van der Waals surface area contributed by atoms with Gasteiger partial charge in [0.2, 0.25) is 0 Å². The predicted octanol–water partition coefficient (Wildman–Crippen LogP) is 1.92. The van der Waals surface area contributed by atoms with Gasteiger partial charge in [0, 0.05) is 24.9 Å². The first-order valence-electron chi connectivity index (χ1n) is 5.68. The molecule has 1 atom stereocenters. The quantitative estimate of drug-likeness (QED) is 0.828. The van der Waals surface area contributed by atoms with E-state index >= 15 is 0 Å². The number of nitrogens with one attached hydrogen (secondary N) is 2. The lowest BCUT2D eigenvalue weighted by Gasteiger charge is -2.15. The Balaban J connectivity index is 2.03. The van der Waals surface area contributed by atoms with Gasteiger partial charge < -0.3 is 10.3 Å². The molecule has 0 aliphatic rings. The summed E-state index contributed by atoms with van der Waals surface area (Å²) in [4.78, 5) is 7.24. The van der Waals surface area contributed by atoms with Gasteiger partial charge in [0.25, 0.3) is 0 Å². The number of imidazole rings is 1. The fourth-order valence-corrected chi connectivity index (χ4v) is 1.85. The van der Waals surface area contributed by atoms with E-state index in [9.17, 15) is 4.39 Å². The summed E-state index contributed by atoms with van der Waals surface area (Å²) < 4.78 is 13.5. The molecule has 0 amide bonds. The third-order valence-electron chi connectivity index (χ3n) is 2.83. The van der Waals surface area contributed by atoms with E-state index in [2.05, 4.69) is 15.3 Å². The topological polar surface area (TPSA) is 40.7 Å². The van der Waals surface area contributed by atoms with Gasteiger partial charge in [0.1, 0.15) is 11.6 Å². The zero-order chi connectivity index (χ0) is 12.1. The van der Waals surface area contributed by atoms with Crippen LogP contribution in [-0.2, 0) is 12.8 Å². The minimum Gasteiger partial charge on any atom is -0.349 e. The fraction of sp³-hybridized carbons (Fsp3) is 0.308. The molecule has 1 aromatic heterocycles. The number of hydrogen-bond acceptors (Lipinski definition) is 2. The molecule has 2 aromatic rings. The zero-order valence-corrected chi connectivity index (χ0v) is 9.78. The van der Waals surface area contributed by atoms with Crippen LogP contribution < -0.4 is 5.32 Å². The van der Waals surface area contributed by atoms with E-state index in [1.54, 1.807) is 18.5 Å². The van der Waals surface area contributed by atoms with Crippen molar-refractivity contribution in [1.82, 2.24) is 15.3 Å². The number of likely N-dealkylation sites (N-methyl/N-ethyl adjacent to an activating group) is 1. The maximum atomic E-state index is 13.5. The monoisotopic (exact) mass is 233 g/mol. The molecule has 0 radical (unpaired) electrons. The summed E-state index contributed by atoms with van der Waals surface area (Å²) in [5, 5.41) is 3.19. The van der Waals surface area contributed by atoms with Gasteiger partial charge in [-0.1, -0.05) is 18.2 Å². The molecule has 1 unspecified atom stereocenters. The van der Waals surface area contributed by atoms with E-state index in [4.69, 9.17) is 0 Å². The van der Waals surface area contributed by atoms with Crippen LogP contribution in [0.1, 0.15) is 11.4 Å². The Morgan fingerprint density at radius 1 is 1.35 bits per heavy atom. The predicted molar refractivity (Wildman–Crippen MR) is 65.2 cm³/mol. The Morgan fingerprint density at radius 2 is 2.18 bits per heavy atom. The van der Waals surface area contributed by atoms with E-state index in [1.807, 2.05) is 19.2 Å². The number of hydrogen-bond donors (Lipinski definition) is 2. The molecule has 0 aliphatic heterocycles. The summed E-state index contributed by atoms with van der Waals surface area (Å²) in [7, 11) is 1.88. The van der Waals surface area contributed by atoms with Crippen LogP contribution in [0.5, 0.6) is 0 Å². The second-order valence-corrected chi connectivity index (χ2v) is 4.02. The second kappa shape index (κ2) is 5.59. The summed E-state index contributed by atoms with van der Waals surface area (Å²) in [5.74, 6) is 0.771. The highest BCUT2D eigenvalue weighted by molar-refractivity contribution is 5.18. The molecule has 1 aromatic carbocycles. The number of aromatic nitrogens is 2.